The highest BCUT2D eigenvalue weighted by molar-refractivity contribution is 5.44. The van der Waals surface area contributed by atoms with Crippen LogP contribution in [0.1, 0.15) is 30.8 Å². The second-order valence-electron chi connectivity index (χ2n) is 5.18. The molecule has 0 amide bonds. The molecule has 0 aliphatic heterocycles. The van der Waals surface area contributed by atoms with E-state index in [4.69, 9.17) is 0 Å². The van der Waals surface area contributed by atoms with Crippen molar-refractivity contribution in [2.75, 3.05) is 25.5 Å². The van der Waals surface area contributed by atoms with E-state index in [9.17, 15) is 0 Å². The quantitative estimate of drug-likeness (QED) is 0.849. The van der Waals surface area contributed by atoms with Gasteiger partial charge in [0.05, 0.1) is 17.6 Å². The zero-order valence-corrected chi connectivity index (χ0v) is 13.1. The van der Waals surface area contributed by atoms with Gasteiger partial charge in [-0.25, -0.2) is 0 Å². The highest BCUT2D eigenvalue weighted by atomic mass is 15.1. The second-order valence-corrected chi connectivity index (χ2v) is 5.18. The summed E-state index contributed by atoms with van der Waals surface area (Å²) in [7, 11) is 4.07. The number of rotatable bonds is 7. The molecule has 2 aromatic rings. The smallest absolute Gasteiger partial charge is 0.0574 e. The Kier molecular flexibility index (Phi) is 5.69. The van der Waals surface area contributed by atoms with Gasteiger partial charge in [-0.05, 0) is 37.7 Å². The van der Waals surface area contributed by atoms with Crippen LogP contribution in [0.4, 0.5) is 5.69 Å². The standard InChI is InChI=1S/C17H24N4/c1-4-16(18-2)17-9-8-15(13-20-17)21(3)12-10-14-7-5-6-11-19-14/h5-9,11,13,16,18H,4,10,12H2,1-3H3. The molecule has 0 saturated carbocycles. The Morgan fingerprint density at radius 2 is 2.05 bits per heavy atom. The third kappa shape index (κ3) is 4.26. The minimum Gasteiger partial charge on any atom is -0.373 e. The Labute approximate surface area is 127 Å². The van der Waals surface area contributed by atoms with Gasteiger partial charge in [0.2, 0.25) is 0 Å². The molecule has 0 saturated heterocycles. The lowest BCUT2D eigenvalue weighted by Gasteiger charge is -2.20. The van der Waals surface area contributed by atoms with Crippen molar-refractivity contribution in [3.8, 4) is 0 Å². The summed E-state index contributed by atoms with van der Waals surface area (Å²) in [5.41, 5.74) is 3.36. The van der Waals surface area contributed by atoms with Crippen LogP contribution in [-0.2, 0) is 6.42 Å². The fourth-order valence-corrected chi connectivity index (χ4v) is 2.35. The van der Waals surface area contributed by atoms with Gasteiger partial charge in [-0.2, -0.15) is 0 Å². The number of likely N-dealkylation sites (N-methyl/N-ethyl adjacent to an activating group) is 1. The number of hydrogen-bond acceptors (Lipinski definition) is 4. The van der Waals surface area contributed by atoms with Gasteiger partial charge < -0.3 is 10.2 Å². The average Bonchev–Trinajstić information content (AvgIpc) is 2.55. The predicted molar refractivity (Wildman–Crippen MR) is 87.5 cm³/mol. The fraction of sp³-hybridized carbons (Fsp3) is 0.412. The molecule has 2 aromatic heterocycles. The predicted octanol–water partition coefficient (Wildman–Crippen LogP) is 2.83. The van der Waals surface area contributed by atoms with Gasteiger partial charge in [-0.15, -0.1) is 0 Å². The van der Waals surface area contributed by atoms with Crippen molar-refractivity contribution < 1.29 is 0 Å². The lowest BCUT2D eigenvalue weighted by molar-refractivity contribution is 0.561. The maximum atomic E-state index is 4.58. The molecule has 1 unspecified atom stereocenters. The summed E-state index contributed by atoms with van der Waals surface area (Å²) in [6.45, 7) is 3.09. The number of anilines is 1. The minimum absolute atomic E-state index is 0.331. The third-order valence-corrected chi connectivity index (χ3v) is 3.75. The maximum absolute atomic E-state index is 4.58. The summed E-state index contributed by atoms with van der Waals surface area (Å²) in [6.07, 6.45) is 5.77. The van der Waals surface area contributed by atoms with Crippen LogP contribution in [-0.4, -0.2) is 30.6 Å². The van der Waals surface area contributed by atoms with Crippen molar-refractivity contribution in [3.05, 3.63) is 54.1 Å². The van der Waals surface area contributed by atoms with Gasteiger partial charge in [0.25, 0.3) is 0 Å². The molecule has 0 bridgehead atoms. The normalized spacial score (nSPS) is 12.1. The lowest BCUT2D eigenvalue weighted by Crippen LogP contribution is -2.21. The molecular formula is C17H24N4. The third-order valence-electron chi connectivity index (χ3n) is 3.75. The first-order valence-corrected chi connectivity index (χ1v) is 7.48. The molecule has 0 aliphatic rings. The minimum atomic E-state index is 0.331. The van der Waals surface area contributed by atoms with Crippen molar-refractivity contribution >= 4 is 5.69 Å². The van der Waals surface area contributed by atoms with E-state index in [0.717, 1.165) is 36.5 Å². The Bertz CT molecular complexity index is 520. The van der Waals surface area contributed by atoms with Gasteiger partial charge in [0, 0.05) is 37.9 Å². The van der Waals surface area contributed by atoms with E-state index in [0.29, 0.717) is 6.04 Å². The Balaban J connectivity index is 1.95. The lowest BCUT2D eigenvalue weighted by atomic mass is 10.1. The summed E-state index contributed by atoms with van der Waals surface area (Å²) in [5, 5.41) is 3.28. The first-order valence-electron chi connectivity index (χ1n) is 7.48. The zero-order valence-electron chi connectivity index (χ0n) is 13.1. The number of aromatic nitrogens is 2. The summed E-state index contributed by atoms with van der Waals surface area (Å²) in [4.78, 5) is 11.1. The van der Waals surface area contributed by atoms with Crippen molar-refractivity contribution in [1.29, 1.82) is 0 Å². The van der Waals surface area contributed by atoms with E-state index in [-0.39, 0.29) is 0 Å². The van der Waals surface area contributed by atoms with Crippen LogP contribution in [0, 0.1) is 0 Å². The number of hydrogen-bond donors (Lipinski definition) is 1. The summed E-state index contributed by atoms with van der Waals surface area (Å²) >= 11 is 0. The largest absolute Gasteiger partial charge is 0.373 e. The van der Waals surface area contributed by atoms with Crippen molar-refractivity contribution in [2.24, 2.45) is 0 Å². The van der Waals surface area contributed by atoms with Crippen molar-refractivity contribution in [2.45, 2.75) is 25.8 Å². The van der Waals surface area contributed by atoms with Gasteiger partial charge in [-0.3, -0.25) is 9.97 Å². The molecule has 0 spiro atoms. The van der Waals surface area contributed by atoms with E-state index < -0.39 is 0 Å². The molecule has 0 aliphatic carbocycles. The molecule has 2 rings (SSSR count). The van der Waals surface area contributed by atoms with E-state index >= 15 is 0 Å². The molecule has 21 heavy (non-hydrogen) atoms. The van der Waals surface area contributed by atoms with E-state index in [1.54, 1.807) is 0 Å². The zero-order chi connectivity index (χ0) is 15.1. The molecule has 0 fully saturated rings. The van der Waals surface area contributed by atoms with Gasteiger partial charge in [0.15, 0.2) is 0 Å². The molecule has 4 nitrogen and oxygen atoms in total. The van der Waals surface area contributed by atoms with E-state index in [2.05, 4.69) is 52.4 Å². The Hall–Kier alpha value is -1.94. The highest BCUT2D eigenvalue weighted by Crippen LogP contribution is 2.17. The van der Waals surface area contributed by atoms with Crippen LogP contribution in [0.25, 0.3) is 0 Å². The molecule has 0 radical (unpaired) electrons. The molecule has 0 aromatic carbocycles. The van der Waals surface area contributed by atoms with Gasteiger partial charge in [-0.1, -0.05) is 13.0 Å². The topological polar surface area (TPSA) is 41.0 Å². The molecule has 4 heteroatoms. The van der Waals surface area contributed by atoms with Crippen LogP contribution >= 0.6 is 0 Å². The number of nitrogens with zero attached hydrogens (tertiary/aromatic N) is 3. The first-order chi connectivity index (χ1) is 10.2. The number of pyridine rings is 2. The van der Waals surface area contributed by atoms with Gasteiger partial charge >= 0.3 is 0 Å². The van der Waals surface area contributed by atoms with Crippen molar-refractivity contribution in [1.82, 2.24) is 15.3 Å². The highest BCUT2D eigenvalue weighted by Gasteiger charge is 2.09. The molecule has 2 heterocycles. The number of nitrogens with one attached hydrogen (secondary N) is 1. The maximum Gasteiger partial charge on any atom is 0.0574 e. The van der Waals surface area contributed by atoms with Crippen LogP contribution in [0.15, 0.2) is 42.7 Å². The summed E-state index contributed by atoms with van der Waals surface area (Å²) < 4.78 is 0. The van der Waals surface area contributed by atoms with Crippen molar-refractivity contribution in [3.63, 3.8) is 0 Å². The van der Waals surface area contributed by atoms with Crippen LogP contribution in [0.5, 0.6) is 0 Å². The fourth-order valence-electron chi connectivity index (χ4n) is 2.35. The Morgan fingerprint density at radius 3 is 2.62 bits per heavy atom. The van der Waals surface area contributed by atoms with Crippen LogP contribution < -0.4 is 10.2 Å². The summed E-state index contributed by atoms with van der Waals surface area (Å²) in [6, 6.07) is 10.6. The summed E-state index contributed by atoms with van der Waals surface area (Å²) in [5.74, 6) is 0. The SMILES string of the molecule is CCC(NC)c1ccc(N(C)CCc2ccccn2)cn1. The van der Waals surface area contributed by atoms with E-state index in [1.165, 1.54) is 0 Å². The monoisotopic (exact) mass is 284 g/mol. The second kappa shape index (κ2) is 7.74. The molecule has 112 valence electrons. The Morgan fingerprint density at radius 1 is 1.19 bits per heavy atom. The van der Waals surface area contributed by atoms with Crippen LogP contribution in [0.2, 0.25) is 0 Å². The first kappa shape index (κ1) is 15.4. The van der Waals surface area contributed by atoms with Crippen LogP contribution in [0.3, 0.4) is 0 Å². The molecular weight excluding hydrogens is 260 g/mol. The van der Waals surface area contributed by atoms with E-state index in [1.807, 2.05) is 31.6 Å². The van der Waals surface area contributed by atoms with Gasteiger partial charge in [0.1, 0.15) is 0 Å². The molecule has 1 atom stereocenters. The average molecular weight is 284 g/mol. The molecule has 1 N–H and O–H groups in total.